The minimum Gasteiger partial charge on any atom is -0.355 e. The van der Waals surface area contributed by atoms with Crippen molar-refractivity contribution in [1.82, 2.24) is 15.3 Å². The van der Waals surface area contributed by atoms with Gasteiger partial charge in [0.05, 0.1) is 17.1 Å². The van der Waals surface area contributed by atoms with Gasteiger partial charge in [-0.15, -0.1) is 0 Å². The number of anilines is 1. The van der Waals surface area contributed by atoms with Crippen molar-refractivity contribution in [1.29, 1.82) is 5.26 Å². The summed E-state index contributed by atoms with van der Waals surface area (Å²) in [5.74, 6) is -0.739. The molecule has 6 heteroatoms. The summed E-state index contributed by atoms with van der Waals surface area (Å²) in [5, 5.41) is 12.9. The number of rotatable bonds is 11. The Kier molecular flexibility index (Phi) is 8.56. The van der Waals surface area contributed by atoms with E-state index in [4.69, 9.17) is 9.97 Å². The molecule has 0 bridgehead atoms. The number of fused-ring (bicyclic) bond motifs is 1. The van der Waals surface area contributed by atoms with Crippen LogP contribution in [0.1, 0.15) is 56.7 Å². The number of carbonyl (C=O) groups excluding carboxylic acids is 1. The van der Waals surface area contributed by atoms with E-state index < -0.39 is 5.92 Å². The summed E-state index contributed by atoms with van der Waals surface area (Å²) in [4.78, 5) is 24.9. The molecule has 0 saturated heterocycles. The first-order valence-corrected chi connectivity index (χ1v) is 11.4. The zero-order chi connectivity index (χ0) is 22.8. The van der Waals surface area contributed by atoms with E-state index in [9.17, 15) is 10.1 Å². The van der Waals surface area contributed by atoms with Crippen LogP contribution in [0.25, 0.3) is 11.0 Å². The van der Waals surface area contributed by atoms with E-state index in [0.717, 1.165) is 49.9 Å². The van der Waals surface area contributed by atoms with Crippen molar-refractivity contribution in [2.75, 3.05) is 18.0 Å². The molecule has 2 aromatic carbocycles. The van der Waals surface area contributed by atoms with Gasteiger partial charge in [-0.05, 0) is 30.5 Å². The SMILES string of the molecule is CCCCN(CCCC)c1nc2ccccc2nc1[C@@H](C#N)C(=O)NCc1ccccc1. The van der Waals surface area contributed by atoms with Crippen molar-refractivity contribution in [3.05, 3.63) is 65.9 Å². The smallest absolute Gasteiger partial charge is 0.243 e. The number of nitrogens with zero attached hydrogens (tertiary/aromatic N) is 4. The lowest BCUT2D eigenvalue weighted by atomic mass is 10.0. The molecule has 0 radical (unpaired) electrons. The Labute approximate surface area is 190 Å². The fraction of sp³-hybridized carbons (Fsp3) is 0.385. The Hall–Kier alpha value is -3.46. The molecule has 32 heavy (non-hydrogen) atoms. The molecular weight excluding hydrogens is 398 g/mol. The van der Waals surface area contributed by atoms with Crippen LogP contribution >= 0.6 is 0 Å². The first-order chi connectivity index (χ1) is 15.7. The second kappa shape index (κ2) is 11.8. The van der Waals surface area contributed by atoms with E-state index >= 15 is 0 Å². The third kappa shape index (κ3) is 5.82. The van der Waals surface area contributed by atoms with Crippen molar-refractivity contribution in [2.24, 2.45) is 0 Å². The van der Waals surface area contributed by atoms with Crippen LogP contribution in [0.2, 0.25) is 0 Å². The van der Waals surface area contributed by atoms with E-state index in [1.54, 1.807) is 0 Å². The van der Waals surface area contributed by atoms with Crippen molar-refractivity contribution in [2.45, 2.75) is 52.0 Å². The van der Waals surface area contributed by atoms with Crippen LogP contribution in [0.4, 0.5) is 5.82 Å². The van der Waals surface area contributed by atoms with Gasteiger partial charge in [0.1, 0.15) is 5.69 Å². The van der Waals surface area contributed by atoms with Crippen molar-refractivity contribution < 1.29 is 4.79 Å². The second-order valence-corrected chi connectivity index (χ2v) is 7.88. The minimum absolute atomic E-state index is 0.354. The largest absolute Gasteiger partial charge is 0.355 e. The molecule has 1 atom stereocenters. The topological polar surface area (TPSA) is 81.9 Å². The minimum atomic E-state index is -1.03. The normalized spacial score (nSPS) is 11.7. The highest BCUT2D eigenvalue weighted by atomic mass is 16.1. The Morgan fingerprint density at radius 1 is 0.969 bits per heavy atom. The molecule has 0 aliphatic carbocycles. The van der Waals surface area contributed by atoms with Gasteiger partial charge in [0.25, 0.3) is 0 Å². The second-order valence-electron chi connectivity index (χ2n) is 7.88. The number of hydrogen-bond acceptors (Lipinski definition) is 5. The fourth-order valence-corrected chi connectivity index (χ4v) is 3.58. The van der Waals surface area contributed by atoms with E-state index in [-0.39, 0.29) is 5.91 Å². The van der Waals surface area contributed by atoms with E-state index in [2.05, 4.69) is 30.1 Å². The lowest BCUT2D eigenvalue weighted by molar-refractivity contribution is -0.121. The van der Waals surface area contributed by atoms with Crippen molar-refractivity contribution in [3.8, 4) is 6.07 Å². The summed E-state index contributed by atoms with van der Waals surface area (Å²) in [6.07, 6.45) is 4.13. The summed E-state index contributed by atoms with van der Waals surface area (Å²) in [7, 11) is 0. The zero-order valence-electron chi connectivity index (χ0n) is 18.9. The van der Waals surface area contributed by atoms with Gasteiger partial charge in [0.15, 0.2) is 11.7 Å². The first kappa shape index (κ1) is 23.2. The maximum absolute atomic E-state index is 13.1. The van der Waals surface area contributed by atoms with E-state index in [1.165, 1.54) is 0 Å². The van der Waals surface area contributed by atoms with Crippen LogP contribution in [0.15, 0.2) is 54.6 Å². The van der Waals surface area contributed by atoms with Crippen LogP contribution < -0.4 is 10.2 Å². The van der Waals surface area contributed by atoms with E-state index in [1.807, 2.05) is 54.6 Å². The lowest BCUT2D eigenvalue weighted by Crippen LogP contribution is -2.33. The average Bonchev–Trinajstić information content (AvgIpc) is 2.83. The number of aromatic nitrogens is 2. The lowest BCUT2D eigenvalue weighted by Gasteiger charge is -2.26. The third-order valence-electron chi connectivity index (χ3n) is 5.42. The Bertz CT molecular complexity index is 1050. The van der Waals surface area contributed by atoms with Gasteiger partial charge >= 0.3 is 0 Å². The van der Waals surface area contributed by atoms with Gasteiger partial charge in [0, 0.05) is 19.6 Å². The van der Waals surface area contributed by atoms with Crippen molar-refractivity contribution in [3.63, 3.8) is 0 Å². The van der Waals surface area contributed by atoms with Crippen LogP contribution in [-0.2, 0) is 11.3 Å². The highest BCUT2D eigenvalue weighted by Gasteiger charge is 2.28. The number of benzene rings is 2. The molecule has 0 saturated carbocycles. The van der Waals surface area contributed by atoms with Gasteiger partial charge in [-0.2, -0.15) is 5.26 Å². The fourth-order valence-electron chi connectivity index (χ4n) is 3.58. The van der Waals surface area contributed by atoms with Crippen LogP contribution in [0.5, 0.6) is 0 Å². The maximum atomic E-state index is 13.1. The monoisotopic (exact) mass is 429 g/mol. The third-order valence-corrected chi connectivity index (χ3v) is 5.42. The van der Waals surface area contributed by atoms with Gasteiger partial charge in [-0.1, -0.05) is 69.2 Å². The number of unbranched alkanes of at least 4 members (excludes halogenated alkanes) is 2. The number of nitrogens with one attached hydrogen (secondary N) is 1. The molecule has 0 unspecified atom stereocenters. The molecule has 1 aromatic heterocycles. The highest BCUT2D eigenvalue weighted by molar-refractivity contribution is 5.88. The zero-order valence-corrected chi connectivity index (χ0v) is 18.9. The molecule has 6 nitrogen and oxygen atoms in total. The molecule has 0 spiro atoms. The van der Waals surface area contributed by atoms with Gasteiger partial charge in [0.2, 0.25) is 5.91 Å². The van der Waals surface area contributed by atoms with Crippen LogP contribution in [-0.4, -0.2) is 29.0 Å². The molecule has 1 amide bonds. The molecule has 0 aliphatic heterocycles. The summed E-state index contributed by atoms with van der Waals surface area (Å²) in [5.41, 5.74) is 2.87. The number of hydrogen-bond donors (Lipinski definition) is 1. The number of nitriles is 1. The molecule has 0 aliphatic rings. The molecule has 1 heterocycles. The Balaban J connectivity index is 1.97. The molecule has 0 fully saturated rings. The molecule has 166 valence electrons. The van der Waals surface area contributed by atoms with Crippen LogP contribution in [0.3, 0.4) is 0 Å². The van der Waals surface area contributed by atoms with Gasteiger partial charge < -0.3 is 10.2 Å². The summed E-state index contributed by atoms with van der Waals surface area (Å²) >= 11 is 0. The average molecular weight is 430 g/mol. The predicted octanol–water partition coefficient (Wildman–Crippen LogP) is 4.96. The van der Waals surface area contributed by atoms with Gasteiger partial charge in [-0.3, -0.25) is 4.79 Å². The molecular formula is C26H31N5O. The summed E-state index contributed by atoms with van der Waals surface area (Å²) in [6, 6.07) is 19.5. The van der Waals surface area contributed by atoms with E-state index in [0.29, 0.717) is 23.6 Å². The predicted molar refractivity (Wildman–Crippen MR) is 128 cm³/mol. The summed E-state index contributed by atoms with van der Waals surface area (Å²) < 4.78 is 0. The maximum Gasteiger partial charge on any atom is 0.243 e. The standard InChI is InChI=1S/C26H31N5O/c1-3-5-16-31(17-6-4-2)25-24(29-22-14-10-11-15-23(22)30-25)21(18-27)26(32)28-19-20-12-8-7-9-13-20/h7-15,21H,3-6,16-17,19H2,1-2H3,(H,28,32)/t21-/m1/s1. The Morgan fingerprint density at radius 2 is 1.56 bits per heavy atom. The first-order valence-electron chi connectivity index (χ1n) is 11.4. The quantitative estimate of drug-likeness (QED) is 0.466. The molecule has 3 rings (SSSR count). The number of amides is 1. The highest BCUT2D eigenvalue weighted by Crippen LogP contribution is 2.28. The van der Waals surface area contributed by atoms with Crippen molar-refractivity contribution >= 4 is 22.8 Å². The molecule has 3 aromatic rings. The van der Waals surface area contributed by atoms with Crippen LogP contribution in [0, 0.1) is 11.3 Å². The summed E-state index contributed by atoms with van der Waals surface area (Å²) in [6.45, 7) is 6.31. The van der Waals surface area contributed by atoms with Gasteiger partial charge in [-0.25, -0.2) is 9.97 Å². The Morgan fingerprint density at radius 3 is 2.16 bits per heavy atom. The number of carbonyl (C=O) groups is 1. The molecule has 1 N–H and O–H groups in total. The number of para-hydroxylation sites is 2.